The van der Waals surface area contributed by atoms with Crippen molar-refractivity contribution in [2.75, 3.05) is 13.2 Å². The van der Waals surface area contributed by atoms with Crippen molar-refractivity contribution in [1.82, 2.24) is 0 Å². The molecule has 2 aromatic carbocycles. The topological polar surface area (TPSA) is 122 Å². The van der Waals surface area contributed by atoms with Gasteiger partial charge in [0, 0.05) is 5.39 Å². The molecule has 1 fully saturated rings. The summed E-state index contributed by atoms with van der Waals surface area (Å²) < 4.78 is 43.5. The quantitative estimate of drug-likeness (QED) is 0.240. The van der Waals surface area contributed by atoms with Crippen LogP contribution >= 0.6 is 0 Å². The van der Waals surface area contributed by atoms with Crippen molar-refractivity contribution in [1.29, 1.82) is 0 Å². The van der Waals surface area contributed by atoms with Gasteiger partial charge in [-0.2, -0.15) is 0 Å². The maximum absolute atomic E-state index is 11.6. The first-order valence-corrected chi connectivity index (χ1v) is 7.32. The van der Waals surface area contributed by atoms with Gasteiger partial charge in [-0.25, -0.2) is 8.42 Å². The van der Waals surface area contributed by atoms with Crippen molar-refractivity contribution >= 4 is 21.2 Å². The molecule has 0 radical (unpaired) electrons. The second-order valence-electron chi connectivity index (χ2n) is 4.30. The van der Waals surface area contributed by atoms with Crippen LogP contribution in [0.2, 0.25) is 0 Å². The average molecular weight is 390 g/mol. The van der Waals surface area contributed by atoms with Crippen molar-refractivity contribution < 1.29 is 135 Å². The Kier molecular flexibility index (Phi) is 11.9. The minimum Gasteiger partial charge on any atom is -0.872 e. The van der Waals surface area contributed by atoms with Gasteiger partial charge in [0.15, 0.2) is 0 Å². The fourth-order valence-corrected chi connectivity index (χ4v) is 1.72. The third-order valence-electron chi connectivity index (χ3n) is 2.67. The fraction of sp³-hybridized carbons (Fsp3) is 0.231. The molecule has 1 aliphatic rings. The van der Waals surface area contributed by atoms with E-state index in [9.17, 15) is 5.11 Å². The Morgan fingerprint density at radius 1 is 1.17 bits per heavy atom. The first-order chi connectivity index (χ1) is 9.84. The summed E-state index contributed by atoms with van der Waals surface area (Å²) in [7, 11) is -4.92. The number of epoxide rings is 1. The average Bonchev–Trinajstić information content (AvgIpc) is 3.21. The Hall–Kier alpha value is 1.40. The SMILES string of the molecule is O=S(=O)([O-])O.[K+].[K+].[O-]c1ccc(OCC2CO2)c2ccccc12. The molecule has 1 saturated heterocycles. The number of hydrogen-bond donors (Lipinski definition) is 1. The first-order valence-electron chi connectivity index (χ1n) is 5.96. The van der Waals surface area contributed by atoms with Crippen molar-refractivity contribution in [3.8, 4) is 11.5 Å². The zero-order valence-corrected chi connectivity index (χ0v) is 19.8. The van der Waals surface area contributed by atoms with Gasteiger partial charge in [0.25, 0.3) is 0 Å². The molecule has 0 aliphatic carbocycles. The normalized spacial score (nSPS) is 15.5. The third kappa shape index (κ3) is 9.61. The van der Waals surface area contributed by atoms with Gasteiger partial charge in [-0.3, -0.25) is 4.55 Å². The molecule has 0 bridgehead atoms. The number of rotatable bonds is 3. The molecule has 1 N–H and O–H groups in total. The summed E-state index contributed by atoms with van der Waals surface area (Å²) in [4.78, 5) is 0. The molecule has 1 aliphatic heterocycles. The summed E-state index contributed by atoms with van der Waals surface area (Å²) in [5, 5.41) is 13.2. The molecule has 1 atom stereocenters. The molecule has 23 heavy (non-hydrogen) atoms. The van der Waals surface area contributed by atoms with E-state index < -0.39 is 10.4 Å². The zero-order valence-electron chi connectivity index (χ0n) is 12.8. The van der Waals surface area contributed by atoms with E-state index in [4.69, 9.17) is 27.0 Å². The molecule has 0 amide bonds. The predicted molar refractivity (Wildman–Crippen MR) is 71.0 cm³/mol. The van der Waals surface area contributed by atoms with Crippen LogP contribution in [0.25, 0.3) is 10.8 Å². The van der Waals surface area contributed by atoms with Crippen LogP contribution in [-0.4, -0.2) is 36.8 Å². The van der Waals surface area contributed by atoms with Gasteiger partial charge in [-0.05, 0) is 11.5 Å². The smallest absolute Gasteiger partial charge is 0.872 e. The molecule has 114 valence electrons. The molecular formula is C13H12K2O7S. The van der Waals surface area contributed by atoms with Crippen LogP contribution < -0.4 is 113 Å². The van der Waals surface area contributed by atoms with E-state index in [1.54, 1.807) is 12.1 Å². The summed E-state index contributed by atoms with van der Waals surface area (Å²) in [6, 6.07) is 10.8. The number of fused-ring (bicyclic) bond motifs is 1. The first kappa shape index (κ1) is 24.4. The van der Waals surface area contributed by atoms with Crippen LogP contribution in [-0.2, 0) is 15.1 Å². The van der Waals surface area contributed by atoms with Crippen molar-refractivity contribution in [3.05, 3.63) is 36.4 Å². The monoisotopic (exact) mass is 390 g/mol. The Balaban J connectivity index is 0.000000615. The molecule has 10 heteroatoms. The van der Waals surface area contributed by atoms with E-state index in [1.165, 1.54) is 0 Å². The van der Waals surface area contributed by atoms with E-state index in [2.05, 4.69) is 0 Å². The minimum absolute atomic E-state index is 0. The van der Waals surface area contributed by atoms with E-state index in [1.807, 2.05) is 24.3 Å². The standard InChI is InChI=1S/C13H12O3.2K.H2O4S/c14-12-5-6-13(16-8-9-7-15-9)11-4-2-1-3-10(11)12;;;1-5(2,3)4/h1-6,9,14H,7-8H2;;;(H2,1,2,3,4)/q;2*+1;/p-2. The molecule has 1 heterocycles. The Morgan fingerprint density at radius 3 is 2.22 bits per heavy atom. The maximum Gasteiger partial charge on any atom is 1.00 e. The van der Waals surface area contributed by atoms with Crippen molar-refractivity contribution in [2.24, 2.45) is 0 Å². The summed E-state index contributed by atoms with van der Waals surface area (Å²) in [5.74, 6) is 0.788. The zero-order chi connectivity index (χ0) is 15.5. The van der Waals surface area contributed by atoms with E-state index in [0.717, 1.165) is 17.7 Å². The predicted octanol–water partition coefficient (Wildman–Crippen LogP) is -5.30. The van der Waals surface area contributed by atoms with Crippen LogP contribution in [0, 0.1) is 0 Å². The van der Waals surface area contributed by atoms with Crippen LogP contribution in [0.15, 0.2) is 36.4 Å². The Bertz CT molecular complexity index is 724. The summed E-state index contributed by atoms with van der Waals surface area (Å²) in [6.45, 7) is 1.33. The molecule has 0 saturated carbocycles. The molecule has 3 rings (SSSR count). The third-order valence-corrected chi connectivity index (χ3v) is 2.67. The molecule has 2 aromatic rings. The minimum atomic E-state index is -4.92. The molecule has 0 aromatic heterocycles. The Labute approximate surface area is 219 Å². The largest absolute Gasteiger partial charge is 1.00 e. The van der Waals surface area contributed by atoms with Gasteiger partial charge in [-0.1, -0.05) is 30.3 Å². The second kappa shape index (κ2) is 11.2. The van der Waals surface area contributed by atoms with Gasteiger partial charge in [-0.15, -0.1) is 5.75 Å². The van der Waals surface area contributed by atoms with Crippen LogP contribution in [0.1, 0.15) is 0 Å². The van der Waals surface area contributed by atoms with Gasteiger partial charge in [0.1, 0.15) is 18.5 Å². The van der Waals surface area contributed by atoms with Crippen molar-refractivity contribution in [3.63, 3.8) is 0 Å². The van der Waals surface area contributed by atoms with Gasteiger partial charge >= 0.3 is 103 Å². The number of hydrogen-bond acceptors (Lipinski definition) is 6. The fourth-order valence-electron chi connectivity index (χ4n) is 1.72. The Morgan fingerprint density at radius 2 is 1.70 bits per heavy atom. The van der Waals surface area contributed by atoms with Gasteiger partial charge < -0.3 is 19.1 Å². The number of ether oxygens (including phenoxy) is 2. The molecule has 7 nitrogen and oxygen atoms in total. The molecule has 1 unspecified atom stereocenters. The van der Waals surface area contributed by atoms with Crippen LogP contribution in [0.3, 0.4) is 0 Å². The van der Waals surface area contributed by atoms with E-state index in [0.29, 0.717) is 12.0 Å². The maximum atomic E-state index is 11.6. The summed E-state index contributed by atoms with van der Waals surface area (Å²) in [5.41, 5.74) is 0. The van der Waals surface area contributed by atoms with Gasteiger partial charge in [0.2, 0.25) is 10.4 Å². The summed E-state index contributed by atoms with van der Waals surface area (Å²) in [6.07, 6.45) is 0.227. The molecule has 0 spiro atoms. The number of benzene rings is 2. The van der Waals surface area contributed by atoms with Gasteiger partial charge in [0.05, 0.1) is 6.61 Å². The van der Waals surface area contributed by atoms with E-state index in [-0.39, 0.29) is 115 Å². The van der Waals surface area contributed by atoms with Crippen molar-refractivity contribution in [2.45, 2.75) is 6.10 Å². The summed E-state index contributed by atoms with van der Waals surface area (Å²) >= 11 is 0. The second-order valence-corrected chi connectivity index (χ2v) is 5.16. The van der Waals surface area contributed by atoms with Crippen LogP contribution in [0.4, 0.5) is 0 Å². The van der Waals surface area contributed by atoms with E-state index >= 15 is 0 Å². The van der Waals surface area contributed by atoms with Crippen LogP contribution in [0.5, 0.6) is 11.5 Å². The molecular weight excluding hydrogens is 378 g/mol.